The predicted molar refractivity (Wildman–Crippen MR) is 156 cm³/mol. The second kappa shape index (κ2) is 12.1. The summed E-state index contributed by atoms with van der Waals surface area (Å²) in [5, 5.41) is 51.5. The van der Waals surface area contributed by atoms with Crippen LogP contribution in [0.4, 0.5) is 5.69 Å². The molecule has 13 heteroatoms. The average molecular weight is 601 g/mol. The first-order valence-electron chi connectivity index (χ1n) is 13.1. The lowest BCUT2D eigenvalue weighted by atomic mass is 9.98. The molecular formula is C28H32N4O7S2. The van der Waals surface area contributed by atoms with Crippen LogP contribution in [0.1, 0.15) is 4.88 Å². The van der Waals surface area contributed by atoms with Crippen LogP contribution in [0.25, 0.3) is 27.3 Å². The summed E-state index contributed by atoms with van der Waals surface area (Å²) in [5.41, 5.74) is 2.15. The maximum atomic E-state index is 13.0. The van der Waals surface area contributed by atoms with Gasteiger partial charge in [0.15, 0.2) is 11.2 Å². The smallest absolute Gasteiger partial charge is 0.251 e. The lowest BCUT2D eigenvalue weighted by molar-refractivity contribution is -0.251. The molecule has 0 bridgehead atoms. The molecule has 2 saturated heterocycles. The Kier molecular flexibility index (Phi) is 8.76. The summed E-state index contributed by atoms with van der Waals surface area (Å²) in [6.45, 7) is 3.36. The van der Waals surface area contributed by atoms with Crippen LogP contribution < -0.4 is 9.62 Å². The number of rotatable bonds is 7. The van der Waals surface area contributed by atoms with Gasteiger partial charge in [-0.15, -0.1) is 11.3 Å². The standard InChI is InChI=1S/C28H32N4O7S2/c1-31-8-10-32(11-9-31)20-5-4-17-12-19(3-2-18(17)13-20)24-7-6-21(40-24)14-22(15-29)41(37,38)30-25-27(35)26(34)23(16-33)39-28(25)36/h2-7,12-14,23,25-28,30,33-36H,8-11,16H2,1H3/b22-14+/t23-,25-,26-,27-,28?/m1/s1. The van der Waals surface area contributed by atoms with Gasteiger partial charge in [0.1, 0.15) is 30.4 Å². The maximum Gasteiger partial charge on any atom is 0.251 e. The number of hydrogen-bond acceptors (Lipinski definition) is 11. The SMILES string of the molecule is CN1CCN(c2ccc3cc(-c4ccc(/C=C(\C#N)S(=O)(=O)N[C@H]5C(O)O[C@H](CO)[C@@H](O)[C@@H]5O)s4)ccc3c2)CC1. The van der Waals surface area contributed by atoms with Crippen molar-refractivity contribution in [1.29, 1.82) is 5.26 Å². The van der Waals surface area contributed by atoms with E-state index in [1.165, 1.54) is 23.1 Å². The minimum atomic E-state index is -4.51. The number of anilines is 1. The number of ether oxygens (including phenoxy) is 1. The Bertz CT molecular complexity index is 1580. The van der Waals surface area contributed by atoms with Gasteiger partial charge in [-0.3, -0.25) is 0 Å². The Balaban J connectivity index is 1.33. The molecule has 1 aromatic heterocycles. The van der Waals surface area contributed by atoms with Crippen molar-refractivity contribution in [3.63, 3.8) is 0 Å². The number of allylic oxidation sites excluding steroid dienone is 1. The van der Waals surface area contributed by atoms with E-state index in [0.29, 0.717) is 4.88 Å². The van der Waals surface area contributed by atoms with E-state index < -0.39 is 52.2 Å². The van der Waals surface area contributed by atoms with E-state index in [1.54, 1.807) is 12.1 Å². The zero-order valence-corrected chi connectivity index (χ0v) is 23.9. The lowest BCUT2D eigenvalue weighted by Crippen LogP contribution is -2.64. The number of aliphatic hydroxyl groups excluding tert-OH is 4. The number of hydrogen-bond donors (Lipinski definition) is 5. The highest BCUT2D eigenvalue weighted by molar-refractivity contribution is 7.93. The minimum absolute atomic E-state index is 0.508. The summed E-state index contributed by atoms with van der Waals surface area (Å²) in [4.78, 5) is 5.46. The van der Waals surface area contributed by atoms with Gasteiger partial charge in [0.25, 0.3) is 10.0 Å². The van der Waals surface area contributed by atoms with E-state index in [0.717, 1.165) is 47.4 Å². The molecule has 2 aliphatic rings. The molecule has 218 valence electrons. The predicted octanol–water partition coefficient (Wildman–Crippen LogP) is 0.904. The average Bonchev–Trinajstić information content (AvgIpc) is 3.44. The fourth-order valence-electron chi connectivity index (χ4n) is 5.00. The second-order valence-electron chi connectivity index (χ2n) is 10.2. The molecule has 2 aliphatic heterocycles. The van der Waals surface area contributed by atoms with Gasteiger partial charge in [-0.05, 0) is 59.8 Å². The zero-order valence-electron chi connectivity index (χ0n) is 22.3. The molecule has 2 aromatic carbocycles. The molecule has 5 atom stereocenters. The van der Waals surface area contributed by atoms with Crippen LogP contribution in [-0.2, 0) is 14.8 Å². The Morgan fingerprint density at radius 1 is 1.07 bits per heavy atom. The van der Waals surface area contributed by atoms with Crippen LogP contribution in [-0.4, -0.2) is 104 Å². The third kappa shape index (κ3) is 6.31. The molecule has 3 heterocycles. The highest BCUT2D eigenvalue weighted by Crippen LogP contribution is 2.33. The molecule has 0 radical (unpaired) electrons. The molecule has 0 spiro atoms. The largest absolute Gasteiger partial charge is 0.394 e. The summed E-state index contributed by atoms with van der Waals surface area (Å²) >= 11 is 1.31. The van der Waals surface area contributed by atoms with Crippen molar-refractivity contribution in [2.24, 2.45) is 0 Å². The number of nitrogens with zero attached hydrogens (tertiary/aromatic N) is 3. The zero-order chi connectivity index (χ0) is 29.3. The van der Waals surface area contributed by atoms with E-state index in [2.05, 4.69) is 47.2 Å². The van der Waals surface area contributed by atoms with Crippen LogP contribution >= 0.6 is 11.3 Å². The number of nitrogens with one attached hydrogen (secondary N) is 1. The molecule has 1 unspecified atom stereocenters. The summed E-state index contributed by atoms with van der Waals surface area (Å²) in [6, 6.07) is 16.1. The molecule has 2 fully saturated rings. The Hall–Kier alpha value is -2.90. The summed E-state index contributed by atoms with van der Waals surface area (Å²) in [7, 11) is -2.38. The molecule has 5 N–H and O–H groups in total. The number of nitriles is 1. The number of fused-ring (bicyclic) bond motifs is 1. The van der Waals surface area contributed by atoms with Crippen molar-refractivity contribution in [1.82, 2.24) is 9.62 Å². The first kappa shape index (κ1) is 29.6. The summed E-state index contributed by atoms with van der Waals surface area (Å²) in [5.74, 6) is 0. The highest BCUT2D eigenvalue weighted by Gasteiger charge is 2.45. The molecular weight excluding hydrogens is 568 g/mol. The van der Waals surface area contributed by atoms with Crippen LogP contribution in [0.15, 0.2) is 53.4 Å². The van der Waals surface area contributed by atoms with Crippen molar-refractivity contribution in [2.45, 2.75) is 30.6 Å². The molecule has 3 aromatic rings. The van der Waals surface area contributed by atoms with E-state index in [1.807, 2.05) is 16.9 Å². The van der Waals surface area contributed by atoms with Crippen LogP contribution in [0.5, 0.6) is 0 Å². The molecule has 0 amide bonds. The van der Waals surface area contributed by atoms with Gasteiger partial charge >= 0.3 is 0 Å². The van der Waals surface area contributed by atoms with Gasteiger partial charge in [-0.1, -0.05) is 18.2 Å². The highest BCUT2D eigenvalue weighted by atomic mass is 32.2. The minimum Gasteiger partial charge on any atom is -0.394 e. The van der Waals surface area contributed by atoms with Crippen molar-refractivity contribution in [2.75, 3.05) is 44.7 Å². The van der Waals surface area contributed by atoms with Crippen molar-refractivity contribution >= 4 is 43.9 Å². The Morgan fingerprint density at radius 3 is 2.49 bits per heavy atom. The van der Waals surface area contributed by atoms with Gasteiger partial charge < -0.3 is 35.0 Å². The Labute approximate surface area is 242 Å². The molecule has 5 rings (SSSR count). The Morgan fingerprint density at radius 2 is 1.78 bits per heavy atom. The third-order valence-electron chi connectivity index (χ3n) is 7.47. The fraction of sp³-hybridized carbons (Fsp3) is 0.393. The van der Waals surface area contributed by atoms with Crippen LogP contribution in [0, 0.1) is 11.3 Å². The molecule has 41 heavy (non-hydrogen) atoms. The van der Waals surface area contributed by atoms with Crippen molar-refractivity contribution in [3.05, 3.63) is 58.3 Å². The molecule has 0 saturated carbocycles. The topological polar surface area (TPSA) is 167 Å². The van der Waals surface area contributed by atoms with Crippen LogP contribution in [0.3, 0.4) is 0 Å². The van der Waals surface area contributed by atoms with Gasteiger partial charge in [-0.2, -0.15) is 9.98 Å². The van der Waals surface area contributed by atoms with Gasteiger partial charge in [0.2, 0.25) is 0 Å². The van der Waals surface area contributed by atoms with Gasteiger partial charge in [0.05, 0.1) is 6.61 Å². The van der Waals surface area contributed by atoms with E-state index in [-0.39, 0.29) is 0 Å². The van der Waals surface area contributed by atoms with E-state index >= 15 is 0 Å². The van der Waals surface area contributed by atoms with Gasteiger partial charge in [-0.25, -0.2) is 8.42 Å². The van der Waals surface area contributed by atoms with Gasteiger partial charge in [0, 0.05) is 41.6 Å². The van der Waals surface area contributed by atoms with Crippen molar-refractivity contribution < 1.29 is 33.6 Å². The lowest BCUT2D eigenvalue weighted by Gasteiger charge is -2.40. The third-order valence-corrected chi connectivity index (χ3v) is 9.92. The van der Waals surface area contributed by atoms with E-state index in [9.17, 15) is 34.1 Å². The quantitative estimate of drug-likeness (QED) is 0.246. The van der Waals surface area contributed by atoms with E-state index in [4.69, 9.17) is 4.74 Å². The number of aliphatic hydroxyl groups is 4. The fourth-order valence-corrected chi connectivity index (χ4v) is 7.16. The van der Waals surface area contributed by atoms with Crippen LogP contribution in [0.2, 0.25) is 0 Å². The van der Waals surface area contributed by atoms with Crippen molar-refractivity contribution in [3.8, 4) is 16.5 Å². The number of piperazine rings is 1. The normalized spacial score (nSPS) is 26.3. The summed E-state index contributed by atoms with van der Waals surface area (Å²) in [6.07, 6.45) is -5.35. The first-order chi connectivity index (χ1) is 19.6. The number of benzene rings is 2. The number of likely N-dealkylation sites (N-methyl/N-ethyl adjacent to an activating group) is 1. The monoisotopic (exact) mass is 600 g/mol. The number of thiophene rings is 1. The maximum absolute atomic E-state index is 13.0. The number of sulfonamides is 1. The summed E-state index contributed by atoms with van der Waals surface area (Å²) < 4.78 is 32.9. The second-order valence-corrected chi connectivity index (χ2v) is 13.0. The molecule has 11 nitrogen and oxygen atoms in total. The first-order valence-corrected chi connectivity index (χ1v) is 15.4. The molecule has 0 aliphatic carbocycles.